The number of carbonyl (C=O) groups excluding carboxylic acids is 2. The zero-order chi connectivity index (χ0) is 22.4. The van der Waals surface area contributed by atoms with Crippen molar-refractivity contribution in [3.8, 4) is 0 Å². The summed E-state index contributed by atoms with van der Waals surface area (Å²) in [5.41, 5.74) is 1.09. The smallest absolute Gasteiger partial charge is 0.242 e. The van der Waals surface area contributed by atoms with Crippen molar-refractivity contribution in [1.82, 2.24) is 9.80 Å². The Morgan fingerprint density at radius 1 is 1.00 bits per heavy atom. The van der Waals surface area contributed by atoms with E-state index in [2.05, 4.69) is 32.9 Å². The molecule has 1 aliphatic rings. The maximum absolute atomic E-state index is 13.3. The van der Waals surface area contributed by atoms with Gasteiger partial charge in [0.1, 0.15) is 11.5 Å². The van der Waals surface area contributed by atoms with Gasteiger partial charge in [0, 0.05) is 19.5 Å². The minimum absolute atomic E-state index is 0.0205. The van der Waals surface area contributed by atoms with Gasteiger partial charge in [0.2, 0.25) is 11.8 Å². The van der Waals surface area contributed by atoms with E-state index in [0.717, 1.165) is 30.8 Å². The first-order valence-electron chi connectivity index (χ1n) is 11.3. The third-order valence-electron chi connectivity index (χ3n) is 5.54. The van der Waals surface area contributed by atoms with Crippen molar-refractivity contribution in [2.24, 2.45) is 11.3 Å². The van der Waals surface area contributed by atoms with Crippen LogP contribution in [0.15, 0.2) is 46.9 Å². The highest BCUT2D eigenvalue weighted by molar-refractivity contribution is 5.85. The summed E-state index contributed by atoms with van der Waals surface area (Å²) < 4.78 is 5.73. The summed E-state index contributed by atoms with van der Waals surface area (Å²) in [4.78, 5) is 29.9. The molecule has 2 aromatic rings. The SMILES string of the molecule is Cc1ccc(CN(CCc2ccccc2)C(=O)CN(CC2CC2)C(=O)CC(C)(C)C)o1. The Morgan fingerprint density at radius 2 is 1.71 bits per heavy atom. The molecule has 0 aliphatic heterocycles. The first-order valence-corrected chi connectivity index (χ1v) is 11.3. The van der Waals surface area contributed by atoms with E-state index in [1.54, 1.807) is 4.90 Å². The fraction of sp³-hybridized carbons (Fsp3) is 0.538. The van der Waals surface area contributed by atoms with E-state index in [0.29, 0.717) is 32.0 Å². The molecule has 1 heterocycles. The molecule has 0 unspecified atom stereocenters. The van der Waals surface area contributed by atoms with Crippen LogP contribution in [0.4, 0.5) is 0 Å². The Bertz CT molecular complexity index is 862. The molecular weight excluding hydrogens is 388 g/mol. The molecule has 1 aromatic heterocycles. The second kappa shape index (κ2) is 10.2. The monoisotopic (exact) mass is 424 g/mol. The summed E-state index contributed by atoms with van der Waals surface area (Å²) in [7, 11) is 0. The molecular formula is C26H36N2O3. The average Bonchev–Trinajstić information content (AvgIpc) is 3.43. The van der Waals surface area contributed by atoms with Crippen LogP contribution in [0.3, 0.4) is 0 Å². The van der Waals surface area contributed by atoms with Gasteiger partial charge in [0.05, 0.1) is 13.1 Å². The molecule has 31 heavy (non-hydrogen) atoms. The van der Waals surface area contributed by atoms with Crippen molar-refractivity contribution in [2.75, 3.05) is 19.6 Å². The Balaban J connectivity index is 1.70. The van der Waals surface area contributed by atoms with Crippen LogP contribution in [-0.4, -0.2) is 41.2 Å². The molecule has 0 bridgehead atoms. The molecule has 0 saturated heterocycles. The van der Waals surface area contributed by atoms with E-state index in [-0.39, 0.29) is 23.8 Å². The van der Waals surface area contributed by atoms with Crippen molar-refractivity contribution in [1.29, 1.82) is 0 Å². The van der Waals surface area contributed by atoms with Gasteiger partial charge in [-0.2, -0.15) is 0 Å². The second-order valence-corrected chi connectivity index (χ2v) is 10.0. The van der Waals surface area contributed by atoms with Gasteiger partial charge in [-0.25, -0.2) is 0 Å². The van der Waals surface area contributed by atoms with Crippen LogP contribution < -0.4 is 0 Å². The summed E-state index contributed by atoms with van der Waals surface area (Å²) in [6.45, 7) is 9.93. The van der Waals surface area contributed by atoms with Crippen LogP contribution in [0.1, 0.15) is 57.1 Å². The van der Waals surface area contributed by atoms with Crippen LogP contribution >= 0.6 is 0 Å². The second-order valence-electron chi connectivity index (χ2n) is 10.0. The standard InChI is InChI=1S/C26H36N2O3/c1-20-10-13-23(31-20)18-27(15-14-21-8-6-5-7-9-21)25(30)19-28(17-22-11-12-22)24(29)16-26(2,3)4/h5-10,13,22H,11-12,14-19H2,1-4H3. The third-order valence-corrected chi connectivity index (χ3v) is 5.54. The van der Waals surface area contributed by atoms with Crippen LogP contribution in [0.25, 0.3) is 0 Å². The van der Waals surface area contributed by atoms with E-state index in [4.69, 9.17) is 4.42 Å². The summed E-state index contributed by atoms with van der Waals surface area (Å²) in [5.74, 6) is 2.20. The lowest BCUT2D eigenvalue weighted by atomic mass is 9.91. The van der Waals surface area contributed by atoms with Gasteiger partial charge in [-0.15, -0.1) is 0 Å². The van der Waals surface area contributed by atoms with Crippen LogP contribution in [0, 0.1) is 18.3 Å². The number of hydrogen-bond acceptors (Lipinski definition) is 3. The number of aryl methyl sites for hydroxylation is 1. The molecule has 1 aliphatic carbocycles. The zero-order valence-electron chi connectivity index (χ0n) is 19.4. The molecule has 3 rings (SSSR count). The van der Waals surface area contributed by atoms with E-state index in [9.17, 15) is 9.59 Å². The van der Waals surface area contributed by atoms with E-state index < -0.39 is 0 Å². The highest BCUT2D eigenvalue weighted by Crippen LogP contribution is 2.30. The molecule has 0 atom stereocenters. The van der Waals surface area contributed by atoms with Crippen LogP contribution in [-0.2, 0) is 22.6 Å². The van der Waals surface area contributed by atoms with E-state index in [1.165, 1.54) is 5.56 Å². The van der Waals surface area contributed by atoms with Gasteiger partial charge in [0.25, 0.3) is 0 Å². The lowest BCUT2D eigenvalue weighted by molar-refractivity contribution is -0.142. The number of amides is 2. The predicted molar refractivity (Wildman–Crippen MR) is 122 cm³/mol. The van der Waals surface area contributed by atoms with E-state index in [1.807, 2.05) is 42.2 Å². The van der Waals surface area contributed by atoms with Crippen molar-refractivity contribution < 1.29 is 14.0 Å². The minimum atomic E-state index is -0.0966. The Hall–Kier alpha value is -2.56. The predicted octanol–water partition coefficient (Wildman–Crippen LogP) is 4.83. The summed E-state index contributed by atoms with van der Waals surface area (Å²) >= 11 is 0. The quantitative estimate of drug-likeness (QED) is 0.549. The largest absolute Gasteiger partial charge is 0.464 e. The number of benzene rings is 1. The minimum Gasteiger partial charge on any atom is -0.464 e. The molecule has 2 amide bonds. The highest BCUT2D eigenvalue weighted by Gasteiger charge is 2.31. The average molecular weight is 425 g/mol. The van der Waals surface area contributed by atoms with Gasteiger partial charge in [-0.05, 0) is 55.2 Å². The van der Waals surface area contributed by atoms with Gasteiger partial charge in [-0.3, -0.25) is 9.59 Å². The summed E-state index contributed by atoms with van der Waals surface area (Å²) in [5, 5.41) is 0. The molecule has 168 valence electrons. The molecule has 0 spiro atoms. The lowest BCUT2D eigenvalue weighted by Crippen LogP contribution is -2.44. The number of rotatable bonds is 10. The molecule has 1 fully saturated rings. The topological polar surface area (TPSA) is 53.8 Å². The third kappa shape index (κ3) is 7.89. The summed E-state index contributed by atoms with van der Waals surface area (Å²) in [6.07, 6.45) is 3.52. The number of furan rings is 1. The van der Waals surface area contributed by atoms with E-state index >= 15 is 0 Å². The molecule has 0 radical (unpaired) electrons. The van der Waals surface area contributed by atoms with Crippen molar-refractivity contribution in [3.05, 3.63) is 59.5 Å². The molecule has 5 nitrogen and oxygen atoms in total. The number of hydrogen-bond donors (Lipinski definition) is 0. The maximum Gasteiger partial charge on any atom is 0.242 e. The first-order chi connectivity index (χ1) is 14.7. The van der Waals surface area contributed by atoms with Gasteiger partial charge in [-0.1, -0.05) is 51.1 Å². The number of carbonyl (C=O) groups is 2. The molecule has 1 saturated carbocycles. The fourth-order valence-corrected chi connectivity index (χ4v) is 3.65. The number of nitrogens with zero attached hydrogens (tertiary/aromatic N) is 2. The van der Waals surface area contributed by atoms with Gasteiger partial charge in [0.15, 0.2) is 0 Å². The Morgan fingerprint density at radius 3 is 2.29 bits per heavy atom. The van der Waals surface area contributed by atoms with Gasteiger partial charge >= 0.3 is 0 Å². The van der Waals surface area contributed by atoms with Crippen LogP contribution in [0.2, 0.25) is 0 Å². The Labute approximate surface area is 186 Å². The normalized spacial score (nSPS) is 13.8. The Kier molecular flexibility index (Phi) is 7.58. The molecule has 5 heteroatoms. The van der Waals surface area contributed by atoms with Crippen molar-refractivity contribution in [2.45, 2.75) is 59.9 Å². The fourth-order valence-electron chi connectivity index (χ4n) is 3.65. The molecule has 0 N–H and O–H groups in total. The zero-order valence-corrected chi connectivity index (χ0v) is 19.4. The van der Waals surface area contributed by atoms with Gasteiger partial charge < -0.3 is 14.2 Å². The van der Waals surface area contributed by atoms with Crippen LogP contribution in [0.5, 0.6) is 0 Å². The first kappa shape index (κ1) is 23.1. The maximum atomic E-state index is 13.3. The van der Waals surface area contributed by atoms with Crippen molar-refractivity contribution >= 4 is 11.8 Å². The van der Waals surface area contributed by atoms with Crippen molar-refractivity contribution in [3.63, 3.8) is 0 Å². The highest BCUT2D eigenvalue weighted by atomic mass is 16.3. The summed E-state index contributed by atoms with van der Waals surface area (Å²) in [6, 6.07) is 14.0. The molecule has 1 aromatic carbocycles. The lowest BCUT2D eigenvalue weighted by Gasteiger charge is -2.29.